The predicted molar refractivity (Wildman–Crippen MR) is 86.9 cm³/mol. The lowest BCUT2D eigenvalue weighted by atomic mass is 10.0. The maximum atomic E-state index is 13.3. The Bertz CT molecular complexity index is 880. The van der Waals surface area contributed by atoms with E-state index in [4.69, 9.17) is 4.74 Å². The Kier molecular flexibility index (Phi) is 4.05. The van der Waals surface area contributed by atoms with Crippen molar-refractivity contribution < 1.29 is 17.9 Å². The zero-order valence-electron chi connectivity index (χ0n) is 13.0. The molecule has 2 aromatic carbocycles. The summed E-state index contributed by atoms with van der Waals surface area (Å²) in [5.41, 5.74) is 0.591. The quantitative estimate of drug-likeness (QED) is 0.634. The molecule has 3 aromatic rings. The summed E-state index contributed by atoms with van der Waals surface area (Å²) >= 11 is 0. The molecule has 0 amide bonds. The molecule has 0 spiro atoms. The van der Waals surface area contributed by atoms with Crippen LogP contribution < -0.4 is 4.74 Å². The number of nitrogens with zero attached hydrogens (tertiary/aromatic N) is 2. The molecule has 0 saturated heterocycles. The SMILES string of the molecule is C=CCn1nc2c(C(F)(F)F)cccc2c1-c1ccc(OC)cc1. The van der Waals surface area contributed by atoms with E-state index < -0.39 is 11.7 Å². The highest BCUT2D eigenvalue weighted by molar-refractivity contribution is 5.95. The van der Waals surface area contributed by atoms with E-state index in [9.17, 15) is 13.2 Å². The minimum Gasteiger partial charge on any atom is -0.497 e. The van der Waals surface area contributed by atoms with Crippen LogP contribution in [0.25, 0.3) is 22.2 Å². The molecular formula is C18H15F3N2O. The van der Waals surface area contributed by atoms with E-state index in [1.807, 2.05) is 0 Å². The van der Waals surface area contributed by atoms with E-state index in [2.05, 4.69) is 11.7 Å². The first-order chi connectivity index (χ1) is 11.5. The van der Waals surface area contributed by atoms with E-state index >= 15 is 0 Å². The Morgan fingerprint density at radius 3 is 2.46 bits per heavy atom. The fourth-order valence-corrected chi connectivity index (χ4v) is 2.69. The summed E-state index contributed by atoms with van der Waals surface area (Å²) in [6, 6.07) is 11.2. The number of halogens is 3. The monoisotopic (exact) mass is 332 g/mol. The molecule has 0 aliphatic carbocycles. The molecule has 0 radical (unpaired) electrons. The number of methoxy groups -OCH3 is 1. The molecule has 0 saturated carbocycles. The predicted octanol–water partition coefficient (Wildman–Crippen LogP) is 4.92. The minimum atomic E-state index is -4.45. The van der Waals surface area contributed by atoms with E-state index in [0.717, 1.165) is 11.6 Å². The van der Waals surface area contributed by atoms with Gasteiger partial charge in [-0.2, -0.15) is 18.3 Å². The summed E-state index contributed by atoms with van der Waals surface area (Å²) in [6.45, 7) is 3.97. The van der Waals surface area contributed by atoms with Gasteiger partial charge in [-0.05, 0) is 30.3 Å². The number of hydrogen-bond acceptors (Lipinski definition) is 2. The summed E-state index contributed by atoms with van der Waals surface area (Å²) in [5, 5.41) is 4.64. The van der Waals surface area contributed by atoms with Crippen molar-refractivity contribution in [1.82, 2.24) is 9.78 Å². The van der Waals surface area contributed by atoms with Crippen LogP contribution in [-0.4, -0.2) is 16.9 Å². The summed E-state index contributed by atoms with van der Waals surface area (Å²) in [4.78, 5) is 0. The fourth-order valence-electron chi connectivity index (χ4n) is 2.69. The lowest BCUT2D eigenvalue weighted by Crippen LogP contribution is -2.06. The summed E-state index contributed by atoms with van der Waals surface area (Å²) < 4.78 is 46.4. The molecule has 3 rings (SSSR count). The lowest BCUT2D eigenvalue weighted by Gasteiger charge is -2.07. The molecule has 3 nitrogen and oxygen atoms in total. The van der Waals surface area contributed by atoms with Gasteiger partial charge in [0.1, 0.15) is 11.3 Å². The largest absolute Gasteiger partial charge is 0.497 e. The Hall–Kier alpha value is -2.76. The highest BCUT2D eigenvalue weighted by Crippen LogP contribution is 2.38. The Morgan fingerprint density at radius 1 is 1.17 bits per heavy atom. The van der Waals surface area contributed by atoms with Crippen molar-refractivity contribution in [2.24, 2.45) is 0 Å². The third-order valence-electron chi connectivity index (χ3n) is 3.74. The van der Waals surface area contributed by atoms with Crippen molar-refractivity contribution >= 4 is 10.9 Å². The van der Waals surface area contributed by atoms with Gasteiger partial charge >= 0.3 is 6.18 Å². The van der Waals surface area contributed by atoms with Gasteiger partial charge in [0.05, 0.1) is 24.9 Å². The molecule has 0 unspecified atom stereocenters. The van der Waals surface area contributed by atoms with Crippen LogP contribution in [0.4, 0.5) is 13.2 Å². The van der Waals surface area contributed by atoms with Gasteiger partial charge in [0.25, 0.3) is 0 Å². The van der Waals surface area contributed by atoms with Crippen LogP contribution in [0.15, 0.2) is 55.1 Å². The van der Waals surface area contributed by atoms with Crippen molar-refractivity contribution in [3.05, 3.63) is 60.7 Å². The van der Waals surface area contributed by atoms with E-state index in [-0.39, 0.29) is 5.52 Å². The van der Waals surface area contributed by atoms with Gasteiger partial charge in [0, 0.05) is 10.9 Å². The van der Waals surface area contributed by atoms with Gasteiger partial charge < -0.3 is 4.74 Å². The topological polar surface area (TPSA) is 27.1 Å². The first kappa shape index (κ1) is 16.1. The molecule has 1 heterocycles. The van der Waals surface area contributed by atoms with Crippen LogP contribution in [0.2, 0.25) is 0 Å². The van der Waals surface area contributed by atoms with Crippen LogP contribution in [0.1, 0.15) is 5.56 Å². The zero-order chi connectivity index (χ0) is 17.3. The third-order valence-corrected chi connectivity index (χ3v) is 3.74. The first-order valence-electron chi connectivity index (χ1n) is 7.27. The molecule has 6 heteroatoms. The Labute approximate surface area is 137 Å². The number of allylic oxidation sites excluding steroid dienone is 1. The van der Waals surface area contributed by atoms with Gasteiger partial charge in [-0.25, -0.2) is 0 Å². The average Bonchev–Trinajstić information content (AvgIpc) is 2.92. The Balaban J connectivity index is 2.28. The van der Waals surface area contributed by atoms with Gasteiger partial charge in [0.15, 0.2) is 0 Å². The molecule has 0 fully saturated rings. The highest BCUT2D eigenvalue weighted by Gasteiger charge is 2.34. The average molecular weight is 332 g/mol. The van der Waals surface area contributed by atoms with Crippen LogP contribution in [0.3, 0.4) is 0 Å². The maximum Gasteiger partial charge on any atom is 0.418 e. The normalized spacial score (nSPS) is 11.7. The number of fused-ring (bicyclic) bond motifs is 1. The van der Waals surface area contributed by atoms with Crippen molar-refractivity contribution in [2.75, 3.05) is 7.11 Å². The molecule has 0 aliphatic heterocycles. The smallest absolute Gasteiger partial charge is 0.418 e. The lowest BCUT2D eigenvalue weighted by molar-refractivity contribution is -0.136. The van der Waals surface area contributed by atoms with E-state index in [1.165, 1.54) is 10.7 Å². The van der Waals surface area contributed by atoms with Gasteiger partial charge in [-0.15, -0.1) is 6.58 Å². The van der Waals surface area contributed by atoms with Gasteiger partial charge in [-0.1, -0.05) is 18.2 Å². The van der Waals surface area contributed by atoms with Crippen LogP contribution in [-0.2, 0) is 12.7 Å². The fraction of sp³-hybridized carbons (Fsp3) is 0.167. The molecule has 24 heavy (non-hydrogen) atoms. The van der Waals surface area contributed by atoms with Gasteiger partial charge in [-0.3, -0.25) is 4.68 Å². The number of rotatable bonds is 4. The number of hydrogen-bond donors (Lipinski definition) is 0. The Morgan fingerprint density at radius 2 is 1.88 bits per heavy atom. The zero-order valence-corrected chi connectivity index (χ0v) is 13.0. The summed E-state index contributed by atoms with van der Waals surface area (Å²) in [6.07, 6.45) is -2.85. The summed E-state index contributed by atoms with van der Waals surface area (Å²) in [7, 11) is 1.56. The van der Waals surface area contributed by atoms with Gasteiger partial charge in [0.2, 0.25) is 0 Å². The van der Waals surface area contributed by atoms with Crippen LogP contribution in [0.5, 0.6) is 5.75 Å². The molecule has 0 N–H and O–H groups in total. The van der Waals surface area contributed by atoms with Crippen molar-refractivity contribution in [3.8, 4) is 17.0 Å². The van der Waals surface area contributed by atoms with Crippen LogP contribution >= 0.6 is 0 Å². The molecule has 1 aromatic heterocycles. The van der Waals surface area contributed by atoms with Crippen molar-refractivity contribution in [3.63, 3.8) is 0 Å². The third kappa shape index (κ3) is 2.75. The first-order valence-corrected chi connectivity index (χ1v) is 7.27. The van der Waals surface area contributed by atoms with Crippen molar-refractivity contribution in [1.29, 1.82) is 0 Å². The second-order valence-electron chi connectivity index (χ2n) is 5.25. The molecule has 124 valence electrons. The number of alkyl halides is 3. The minimum absolute atomic E-state index is 0.0577. The standard InChI is InChI=1S/C18H15F3N2O/c1-3-11-23-17(12-7-9-13(24-2)10-8-12)14-5-4-6-15(16(14)22-23)18(19,20)21/h3-10H,1,11H2,2H3. The molecule has 0 aliphatic rings. The second kappa shape index (κ2) is 6.03. The maximum absolute atomic E-state index is 13.3. The van der Waals surface area contributed by atoms with E-state index in [0.29, 0.717) is 23.4 Å². The van der Waals surface area contributed by atoms with E-state index in [1.54, 1.807) is 43.5 Å². The number of ether oxygens (including phenoxy) is 1. The van der Waals surface area contributed by atoms with Crippen LogP contribution in [0, 0.1) is 0 Å². The second-order valence-corrected chi connectivity index (χ2v) is 5.25. The molecule has 0 bridgehead atoms. The molecular weight excluding hydrogens is 317 g/mol. The molecule has 0 atom stereocenters. The number of aromatic nitrogens is 2. The number of benzene rings is 2. The van der Waals surface area contributed by atoms with Crippen molar-refractivity contribution in [2.45, 2.75) is 12.7 Å². The summed E-state index contributed by atoms with van der Waals surface area (Å²) in [5.74, 6) is 0.675. The highest BCUT2D eigenvalue weighted by atomic mass is 19.4.